The van der Waals surface area contributed by atoms with Crippen molar-refractivity contribution in [1.82, 2.24) is 4.98 Å². The number of hydrogen-bond donors (Lipinski definition) is 2. The van der Waals surface area contributed by atoms with Crippen LogP contribution in [0.5, 0.6) is 0 Å². The van der Waals surface area contributed by atoms with E-state index in [0.717, 1.165) is 12.8 Å². The van der Waals surface area contributed by atoms with Gasteiger partial charge in [-0.3, -0.25) is 4.72 Å². The minimum absolute atomic E-state index is 0.0828. The summed E-state index contributed by atoms with van der Waals surface area (Å²) in [5.74, 6) is -0.365. The summed E-state index contributed by atoms with van der Waals surface area (Å²) in [6, 6.07) is 5.23. The first-order valence-electron chi connectivity index (χ1n) is 8.63. The third-order valence-corrected chi connectivity index (χ3v) is 6.62. The van der Waals surface area contributed by atoms with E-state index in [1.165, 1.54) is 30.5 Å². The molecule has 2 N–H and O–H groups in total. The van der Waals surface area contributed by atoms with Crippen LogP contribution in [-0.4, -0.2) is 37.6 Å². The normalized spacial score (nSPS) is 17.4. The summed E-state index contributed by atoms with van der Waals surface area (Å²) in [5.41, 5.74) is 0.000666. The van der Waals surface area contributed by atoms with E-state index in [4.69, 9.17) is 23.2 Å². The molecule has 1 aromatic carbocycles. The van der Waals surface area contributed by atoms with E-state index in [-0.39, 0.29) is 26.2 Å². The highest BCUT2D eigenvalue weighted by atomic mass is 35.5. The molecule has 0 unspecified atom stereocenters. The molecular weight excluding hydrogens is 425 g/mol. The molecule has 0 radical (unpaired) electrons. The summed E-state index contributed by atoms with van der Waals surface area (Å²) >= 11 is 11.8. The topological polar surface area (TPSA) is 99.6 Å². The Balaban J connectivity index is 2.01. The number of hydrogen-bond acceptors (Lipinski definition) is 5. The van der Waals surface area contributed by atoms with Crippen LogP contribution in [0.3, 0.4) is 0 Å². The van der Waals surface area contributed by atoms with Crippen molar-refractivity contribution >= 4 is 50.7 Å². The monoisotopic (exact) mass is 443 g/mol. The van der Waals surface area contributed by atoms with Crippen molar-refractivity contribution in [2.75, 3.05) is 22.7 Å². The second-order valence-corrected chi connectivity index (χ2v) is 9.27. The zero-order chi connectivity index (χ0) is 20.5. The van der Waals surface area contributed by atoms with Gasteiger partial charge in [-0.05, 0) is 43.0 Å². The van der Waals surface area contributed by atoms with E-state index in [1.807, 2.05) is 4.90 Å². The fourth-order valence-electron chi connectivity index (χ4n) is 3.13. The largest absolute Gasteiger partial charge is 0.478 e. The van der Waals surface area contributed by atoms with Crippen molar-refractivity contribution in [3.05, 3.63) is 46.1 Å². The lowest BCUT2D eigenvalue weighted by molar-refractivity contribution is 0.0696. The Kier molecular flexibility index (Phi) is 6.02. The summed E-state index contributed by atoms with van der Waals surface area (Å²) in [7, 11) is -4.02. The Morgan fingerprint density at radius 2 is 2.04 bits per heavy atom. The Morgan fingerprint density at radius 1 is 1.29 bits per heavy atom. The van der Waals surface area contributed by atoms with Gasteiger partial charge in [0.1, 0.15) is 0 Å². The summed E-state index contributed by atoms with van der Waals surface area (Å²) in [6.07, 6.45) is 3.25. The van der Waals surface area contributed by atoms with Crippen molar-refractivity contribution in [2.45, 2.75) is 24.7 Å². The van der Waals surface area contributed by atoms with Crippen LogP contribution in [0.4, 0.5) is 11.5 Å². The van der Waals surface area contributed by atoms with Gasteiger partial charge in [0.05, 0.1) is 26.2 Å². The van der Waals surface area contributed by atoms with Crippen LogP contribution < -0.4 is 9.62 Å². The van der Waals surface area contributed by atoms with Crippen LogP contribution in [0.25, 0.3) is 0 Å². The minimum atomic E-state index is -4.02. The molecule has 0 aliphatic carbocycles. The quantitative estimate of drug-likeness (QED) is 0.720. The maximum atomic E-state index is 12.8. The number of aromatic carboxylic acids is 1. The van der Waals surface area contributed by atoms with Crippen molar-refractivity contribution in [1.29, 1.82) is 0 Å². The van der Waals surface area contributed by atoms with Gasteiger partial charge in [-0.1, -0.05) is 30.1 Å². The molecule has 0 spiro atoms. The Bertz CT molecular complexity index is 1010. The van der Waals surface area contributed by atoms with Gasteiger partial charge in [0.25, 0.3) is 10.0 Å². The minimum Gasteiger partial charge on any atom is -0.478 e. The summed E-state index contributed by atoms with van der Waals surface area (Å²) in [4.78, 5) is 17.5. The number of pyridine rings is 1. The third-order valence-electron chi connectivity index (χ3n) is 4.52. The fraction of sp³-hybridized carbons (Fsp3) is 0.333. The standard InChI is InChI=1S/C18H19Cl2N3O4S/c1-11-3-2-6-23(10-11)17-16(7-12(9-21-17)18(24)25)22-28(26,27)13-4-5-14(19)15(20)8-13/h4-5,7-9,11,22H,2-3,6,10H2,1H3,(H,24,25)/t11-/m1/s1. The summed E-state index contributed by atoms with van der Waals surface area (Å²) in [5, 5.41) is 9.61. The molecule has 3 rings (SSSR count). The van der Waals surface area contributed by atoms with Gasteiger partial charge in [-0.15, -0.1) is 0 Å². The van der Waals surface area contributed by atoms with Crippen molar-refractivity contribution < 1.29 is 18.3 Å². The van der Waals surface area contributed by atoms with Crippen molar-refractivity contribution in [3.8, 4) is 0 Å². The van der Waals surface area contributed by atoms with Crippen LogP contribution in [0, 0.1) is 5.92 Å². The van der Waals surface area contributed by atoms with Gasteiger partial charge in [-0.25, -0.2) is 18.2 Å². The molecule has 0 amide bonds. The second kappa shape index (κ2) is 8.14. The van der Waals surface area contributed by atoms with Crippen molar-refractivity contribution in [2.24, 2.45) is 5.92 Å². The number of piperidine rings is 1. The smallest absolute Gasteiger partial charge is 0.337 e. The number of carboxylic acid groups (broad SMARTS) is 1. The molecule has 1 saturated heterocycles. The van der Waals surface area contributed by atoms with Crippen molar-refractivity contribution in [3.63, 3.8) is 0 Å². The first-order valence-corrected chi connectivity index (χ1v) is 10.9. The average molecular weight is 444 g/mol. The lowest BCUT2D eigenvalue weighted by atomic mass is 10.0. The fourth-order valence-corrected chi connectivity index (χ4v) is 4.57. The Labute approximate surface area is 173 Å². The number of rotatable bonds is 5. The Hall–Kier alpha value is -2.03. The van der Waals surface area contributed by atoms with Gasteiger partial charge in [0.2, 0.25) is 0 Å². The molecule has 1 aromatic heterocycles. The number of carboxylic acids is 1. The number of sulfonamides is 1. The Morgan fingerprint density at radius 3 is 2.68 bits per heavy atom. The number of anilines is 2. The molecule has 1 aliphatic heterocycles. The van der Waals surface area contributed by atoms with E-state index in [2.05, 4.69) is 16.6 Å². The van der Waals surface area contributed by atoms with Gasteiger partial charge in [0, 0.05) is 19.3 Å². The molecule has 150 valence electrons. The molecule has 28 heavy (non-hydrogen) atoms. The highest BCUT2D eigenvalue weighted by Gasteiger charge is 2.24. The molecular formula is C18H19Cl2N3O4S. The highest BCUT2D eigenvalue weighted by Crippen LogP contribution is 2.31. The number of nitrogens with one attached hydrogen (secondary N) is 1. The predicted molar refractivity (Wildman–Crippen MR) is 109 cm³/mol. The molecule has 1 aliphatic rings. The maximum absolute atomic E-state index is 12.8. The van der Waals surface area contributed by atoms with E-state index in [1.54, 1.807) is 0 Å². The SMILES string of the molecule is C[C@@H]1CCCN(c2ncc(C(=O)O)cc2NS(=O)(=O)c2ccc(Cl)c(Cl)c2)C1. The molecule has 0 saturated carbocycles. The lowest BCUT2D eigenvalue weighted by Crippen LogP contribution is -2.35. The van der Waals surface area contributed by atoms with Crippen LogP contribution in [0.2, 0.25) is 10.0 Å². The highest BCUT2D eigenvalue weighted by molar-refractivity contribution is 7.92. The van der Waals surface area contributed by atoms with Crippen LogP contribution >= 0.6 is 23.2 Å². The van der Waals surface area contributed by atoms with E-state index in [0.29, 0.717) is 24.8 Å². The van der Waals surface area contributed by atoms with E-state index < -0.39 is 16.0 Å². The second-order valence-electron chi connectivity index (χ2n) is 6.78. The number of carbonyl (C=O) groups is 1. The molecule has 2 aromatic rings. The van der Waals surface area contributed by atoms with E-state index >= 15 is 0 Å². The first kappa shape index (κ1) is 20.7. The molecule has 10 heteroatoms. The summed E-state index contributed by atoms with van der Waals surface area (Å²) < 4.78 is 28.1. The van der Waals surface area contributed by atoms with Crippen LogP contribution in [0.1, 0.15) is 30.1 Å². The number of nitrogens with zero attached hydrogens (tertiary/aromatic N) is 2. The molecule has 1 fully saturated rings. The average Bonchev–Trinajstić information content (AvgIpc) is 2.63. The van der Waals surface area contributed by atoms with Gasteiger partial charge < -0.3 is 10.0 Å². The van der Waals surface area contributed by atoms with Crippen LogP contribution in [0.15, 0.2) is 35.4 Å². The summed E-state index contributed by atoms with van der Waals surface area (Å²) in [6.45, 7) is 3.53. The van der Waals surface area contributed by atoms with Crippen LogP contribution in [-0.2, 0) is 10.0 Å². The zero-order valence-corrected chi connectivity index (χ0v) is 17.4. The van der Waals surface area contributed by atoms with E-state index in [9.17, 15) is 18.3 Å². The maximum Gasteiger partial charge on any atom is 0.337 e. The van der Waals surface area contributed by atoms with Gasteiger partial charge in [-0.2, -0.15) is 0 Å². The first-order chi connectivity index (χ1) is 13.2. The van der Waals surface area contributed by atoms with Gasteiger partial charge in [0.15, 0.2) is 5.82 Å². The number of benzene rings is 1. The zero-order valence-electron chi connectivity index (χ0n) is 15.0. The third kappa shape index (κ3) is 4.51. The molecule has 1 atom stereocenters. The molecule has 7 nitrogen and oxygen atoms in total. The number of aromatic nitrogens is 1. The lowest BCUT2D eigenvalue weighted by Gasteiger charge is -2.33. The molecule has 2 heterocycles. The molecule has 0 bridgehead atoms. The number of halogens is 2. The van der Waals surface area contributed by atoms with Gasteiger partial charge >= 0.3 is 5.97 Å². The predicted octanol–water partition coefficient (Wildman–Crippen LogP) is 4.12.